The molecule has 0 atom stereocenters. The molecule has 0 heterocycles. The molecule has 0 aliphatic rings. The third kappa shape index (κ3) is 9.28. The van der Waals surface area contributed by atoms with Gasteiger partial charge in [0.2, 0.25) is 0 Å². The Balaban J connectivity index is 0. The van der Waals surface area contributed by atoms with Crippen molar-refractivity contribution in [1.82, 2.24) is 0 Å². The first-order valence-electron chi connectivity index (χ1n) is 0. The Morgan fingerprint density at radius 1 is 1.25 bits per heavy atom. The van der Waals surface area contributed by atoms with Crippen LogP contribution in [0.4, 0.5) is 0 Å². The fourth-order valence-electron chi connectivity index (χ4n) is 0. The first kappa shape index (κ1) is 24.9. The van der Waals surface area contributed by atoms with E-state index in [0.29, 0.717) is 0 Å². The van der Waals surface area contributed by atoms with Gasteiger partial charge in [-0.05, 0) is 0 Å². The van der Waals surface area contributed by atoms with E-state index in [-0.39, 0.29) is 122 Å². The molecule has 0 unspecified atom stereocenters. The van der Waals surface area contributed by atoms with E-state index in [9.17, 15) is 0 Å². The summed E-state index contributed by atoms with van der Waals surface area (Å²) < 4.78 is 0. The molecule has 0 bridgehead atoms. The maximum Gasteiger partial charge on any atom is 1.00 e. The van der Waals surface area contributed by atoms with Crippen LogP contribution >= 0.6 is 0 Å². The number of hydrogen-bond donors (Lipinski definition) is 0. The van der Waals surface area contributed by atoms with Gasteiger partial charge >= 0.3 is 80.9 Å². The molecule has 0 aromatic heterocycles. The Morgan fingerprint density at radius 2 is 1.25 bits per heavy atom. The van der Waals surface area contributed by atoms with Gasteiger partial charge in [-0.25, -0.2) is 0 Å². The molecule has 0 nitrogen and oxygen atoms in total. The van der Waals surface area contributed by atoms with Gasteiger partial charge in [0.1, 0.15) is 0 Å². The molecule has 18 valence electrons. The summed E-state index contributed by atoms with van der Waals surface area (Å²) in [5.41, 5.74) is 0. The topological polar surface area (TPSA) is 0 Å². The van der Waals surface area contributed by atoms with Gasteiger partial charge in [0.25, 0.3) is 0 Å². The Bertz CT molecular complexity index is 13.5. The third-order valence-electron chi connectivity index (χ3n) is 0. The molecule has 4 heteroatoms. The van der Waals surface area contributed by atoms with Crippen molar-refractivity contribution < 1.29 is 122 Å². The minimum absolute atomic E-state index is 0. The van der Waals surface area contributed by atoms with Gasteiger partial charge in [-0.3, -0.25) is 0 Å². The van der Waals surface area contributed by atoms with Crippen molar-refractivity contribution in [3.8, 4) is 0 Å². The quantitative estimate of drug-likeness (QED) is 0.318. The molecule has 0 aliphatic heterocycles. The van der Waals surface area contributed by atoms with Crippen LogP contribution < -0.4 is 80.9 Å². The zero-order valence-corrected chi connectivity index (χ0v) is 10.5. The molecule has 0 rings (SSSR count). The Morgan fingerprint density at radius 3 is 1.25 bits per heavy atom. The van der Waals surface area contributed by atoms with Crippen LogP contribution in [-0.2, 0) is 38.2 Å². The molecular weight excluding hydrogens is 169 g/mol. The molecule has 0 fully saturated rings. The summed E-state index contributed by atoms with van der Waals surface area (Å²) >= 11 is 0. The fraction of sp³-hybridized carbons (Fsp3) is 0. The SMILES string of the molecule is [H-].[H-].[K+].[Na+].[Ni].[Ti]. The van der Waals surface area contributed by atoms with E-state index in [1.807, 2.05) is 0 Å². The van der Waals surface area contributed by atoms with Crippen LogP contribution in [-0.4, -0.2) is 0 Å². The van der Waals surface area contributed by atoms with E-state index in [0.717, 1.165) is 0 Å². The zero-order chi connectivity index (χ0) is 0. The summed E-state index contributed by atoms with van der Waals surface area (Å²) in [5, 5.41) is 0. The summed E-state index contributed by atoms with van der Waals surface area (Å²) in [6, 6.07) is 0. The number of rotatable bonds is 0. The van der Waals surface area contributed by atoms with Crippen molar-refractivity contribution in [2.45, 2.75) is 0 Å². The molecule has 0 N–H and O–H groups in total. The van der Waals surface area contributed by atoms with E-state index in [4.69, 9.17) is 0 Å². The molecule has 0 aromatic rings. The van der Waals surface area contributed by atoms with Gasteiger partial charge in [-0.2, -0.15) is 0 Å². The second kappa shape index (κ2) is 15.8. The van der Waals surface area contributed by atoms with Gasteiger partial charge in [-0.1, -0.05) is 0 Å². The fourth-order valence-corrected chi connectivity index (χ4v) is 0. The minimum Gasteiger partial charge on any atom is -1.00 e. The Labute approximate surface area is 119 Å². The maximum atomic E-state index is 0. The number of hydrogen-bond acceptors (Lipinski definition) is 0. The molecule has 4 heavy (non-hydrogen) atoms. The van der Waals surface area contributed by atoms with Crippen LogP contribution in [0.2, 0.25) is 0 Å². The molecule has 0 radical (unpaired) electrons. The summed E-state index contributed by atoms with van der Waals surface area (Å²) in [4.78, 5) is 0. The standard InChI is InChI=1S/K.Na.Ni.Ti.2H/q2*+1;;;2*-1. The first-order chi connectivity index (χ1) is 0. The van der Waals surface area contributed by atoms with E-state index < -0.39 is 0 Å². The second-order valence-corrected chi connectivity index (χ2v) is 0. The van der Waals surface area contributed by atoms with Crippen LogP contribution in [0.5, 0.6) is 0 Å². The Hall–Kier alpha value is 3.84. The van der Waals surface area contributed by atoms with Crippen LogP contribution in [0.3, 0.4) is 0 Å². The monoisotopic (exact) mass is 170 g/mol. The van der Waals surface area contributed by atoms with Gasteiger partial charge in [-0.15, -0.1) is 0 Å². The van der Waals surface area contributed by atoms with E-state index in [1.54, 1.807) is 0 Å². The molecule has 0 aromatic carbocycles. The van der Waals surface area contributed by atoms with E-state index in [2.05, 4.69) is 0 Å². The average molecular weight is 171 g/mol. The smallest absolute Gasteiger partial charge is 1.00 e. The van der Waals surface area contributed by atoms with Crippen LogP contribution in [0.15, 0.2) is 0 Å². The maximum absolute atomic E-state index is 0. The molecule has 0 amide bonds. The van der Waals surface area contributed by atoms with Crippen molar-refractivity contribution in [3.05, 3.63) is 0 Å². The molecule has 0 spiro atoms. The summed E-state index contributed by atoms with van der Waals surface area (Å²) in [6.45, 7) is 0. The van der Waals surface area contributed by atoms with Crippen molar-refractivity contribution in [1.29, 1.82) is 0 Å². The van der Waals surface area contributed by atoms with E-state index >= 15 is 0 Å². The van der Waals surface area contributed by atoms with Crippen molar-refractivity contribution in [2.75, 3.05) is 0 Å². The van der Waals surface area contributed by atoms with Gasteiger partial charge in [0, 0.05) is 38.2 Å². The van der Waals surface area contributed by atoms with Crippen LogP contribution in [0.1, 0.15) is 2.85 Å². The first-order valence-corrected chi connectivity index (χ1v) is 0. The largest absolute Gasteiger partial charge is 1.00 e. The second-order valence-electron chi connectivity index (χ2n) is 0. The van der Waals surface area contributed by atoms with Crippen LogP contribution in [0.25, 0.3) is 0 Å². The van der Waals surface area contributed by atoms with E-state index in [1.165, 1.54) is 0 Å². The normalized spacial score (nSPS) is 0. The summed E-state index contributed by atoms with van der Waals surface area (Å²) in [6.07, 6.45) is 0. The molecular formula is H2KNaNiTi. The van der Waals surface area contributed by atoms with Gasteiger partial charge < -0.3 is 2.85 Å². The van der Waals surface area contributed by atoms with Gasteiger partial charge in [0.15, 0.2) is 0 Å². The van der Waals surface area contributed by atoms with Crippen molar-refractivity contribution >= 4 is 0 Å². The van der Waals surface area contributed by atoms with Gasteiger partial charge in [0.05, 0.1) is 0 Å². The predicted octanol–water partition coefficient (Wildman–Crippen LogP) is -5.77. The molecule has 0 saturated carbocycles. The predicted molar refractivity (Wildman–Crippen MR) is 2.22 cm³/mol. The molecule has 0 aliphatic carbocycles. The zero-order valence-electron chi connectivity index (χ0n) is 4.82. The Kier molecular flexibility index (Phi) is 98.3. The average Bonchev–Trinajstić information content (AvgIpc) is 0. The molecule has 0 saturated heterocycles. The van der Waals surface area contributed by atoms with Crippen molar-refractivity contribution in [2.24, 2.45) is 0 Å². The van der Waals surface area contributed by atoms with Crippen molar-refractivity contribution in [3.63, 3.8) is 0 Å². The third-order valence-corrected chi connectivity index (χ3v) is 0. The minimum atomic E-state index is 0. The summed E-state index contributed by atoms with van der Waals surface area (Å²) in [7, 11) is 0. The van der Waals surface area contributed by atoms with Crippen LogP contribution in [0, 0.1) is 0 Å². The summed E-state index contributed by atoms with van der Waals surface area (Å²) in [5.74, 6) is 0.